The first-order valence-corrected chi connectivity index (χ1v) is 5.79. The van der Waals surface area contributed by atoms with Crippen LogP contribution in [0.4, 0.5) is 4.79 Å². The maximum Gasteiger partial charge on any atom is 0.509 e. The summed E-state index contributed by atoms with van der Waals surface area (Å²) in [6.07, 6.45) is -0.653. The van der Waals surface area contributed by atoms with Gasteiger partial charge in [0.1, 0.15) is 0 Å². The van der Waals surface area contributed by atoms with Crippen LogP contribution in [-0.2, 0) is 19.0 Å². The normalized spacial score (nSPS) is 13.1. The number of carbonyl (C=O) groups excluding carboxylic acids is 2. The van der Waals surface area contributed by atoms with Crippen molar-refractivity contribution >= 4 is 12.1 Å². The third-order valence-corrected chi connectivity index (χ3v) is 2.05. The molecule has 1 atom stereocenters. The number of esters is 1. The van der Waals surface area contributed by atoms with Gasteiger partial charge in [-0.3, -0.25) is 0 Å². The van der Waals surface area contributed by atoms with Crippen LogP contribution in [-0.4, -0.2) is 29.9 Å². The molecule has 100 valence electrons. The number of hydrogen-bond acceptors (Lipinski definition) is 5. The van der Waals surface area contributed by atoms with Gasteiger partial charge < -0.3 is 14.2 Å². The average molecular weight is 246 g/mol. The minimum atomic E-state index is -1.34. The fourth-order valence-electron chi connectivity index (χ4n) is 0.874. The molecule has 0 amide bonds. The van der Waals surface area contributed by atoms with Gasteiger partial charge >= 0.3 is 12.1 Å². The van der Waals surface area contributed by atoms with Crippen molar-refractivity contribution in [3.8, 4) is 0 Å². The van der Waals surface area contributed by atoms with Crippen molar-refractivity contribution in [1.82, 2.24) is 0 Å². The molecule has 0 radical (unpaired) electrons. The van der Waals surface area contributed by atoms with Gasteiger partial charge in [-0.05, 0) is 41.0 Å². The van der Waals surface area contributed by atoms with Gasteiger partial charge in [-0.25, -0.2) is 9.59 Å². The summed E-state index contributed by atoms with van der Waals surface area (Å²) in [4.78, 5) is 23.0. The summed E-state index contributed by atoms with van der Waals surface area (Å²) in [5.41, 5.74) is -1.34. The van der Waals surface area contributed by atoms with Crippen LogP contribution in [0, 0.1) is 0 Å². The predicted octanol–water partition coefficient (Wildman–Crippen LogP) is 2.67. The summed E-state index contributed by atoms with van der Waals surface area (Å²) < 4.78 is 14.8. The Bertz CT molecular complexity index is 270. The molecule has 0 aromatic carbocycles. The summed E-state index contributed by atoms with van der Waals surface area (Å²) in [6, 6.07) is 0. The molecular formula is C12H22O5. The largest absolute Gasteiger partial charge is 0.509 e. The van der Waals surface area contributed by atoms with Crippen LogP contribution in [0.2, 0.25) is 0 Å². The molecule has 0 saturated carbocycles. The van der Waals surface area contributed by atoms with Gasteiger partial charge in [0.2, 0.25) is 5.60 Å². The minimum Gasteiger partial charge on any atom is -0.460 e. The van der Waals surface area contributed by atoms with Crippen LogP contribution in [0.3, 0.4) is 0 Å². The van der Waals surface area contributed by atoms with E-state index in [1.807, 2.05) is 6.92 Å². The molecule has 0 aliphatic rings. The van der Waals surface area contributed by atoms with E-state index < -0.39 is 17.7 Å². The Balaban J connectivity index is 4.35. The lowest BCUT2D eigenvalue weighted by atomic mass is 10.1. The first-order valence-electron chi connectivity index (χ1n) is 5.79. The van der Waals surface area contributed by atoms with E-state index in [-0.39, 0.29) is 12.2 Å². The van der Waals surface area contributed by atoms with Gasteiger partial charge in [-0.15, -0.1) is 0 Å². The number of rotatable bonds is 5. The topological polar surface area (TPSA) is 61.8 Å². The molecular weight excluding hydrogens is 224 g/mol. The molecule has 0 bridgehead atoms. The van der Waals surface area contributed by atoms with E-state index in [1.165, 1.54) is 13.8 Å². The van der Waals surface area contributed by atoms with Crippen molar-refractivity contribution in [2.45, 2.75) is 65.8 Å². The van der Waals surface area contributed by atoms with E-state index in [0.717, 1.165) is 0 Å². The standard InChI is InChI=1S/C12H22O5/c1-7-9(4)16-10(13)12(5,6)17-11(14)15-8(2)3/h8-9H,7H2,1-6H3. The van der Waals surface area contributed by atoms with Crippen molar-refractivity contribution in [2.75, 3.05) is 0 Å². The second-order valence-electron chi connectivity index (χ2n) is 4.65. The molecule has 0 aromatic heterocycles. The lowest BCUT2D eigenvalue weighted by Gasteiger charge is -2.24. The summed E-state index contributed by atoms with van der Waals surface area (Å²) in [5, 5.41) is 0. The van der Waals surface area contributed by atoms with Crippen molar-refractivity contribution < 1.29 is 23.8 Å². The number of ether oxygens (including phenoxy) is 3. The zero-order valence-corrected chi connectivity index (χ0v) is 11.4. The molecule has 0 aliphatic heterocycles. The first kappa shape index (κ1) is 15.7. The predicted molar refractivity (Wildman–Crippen MR) is 62.6 cm³/mol. The van der Waals surface area contributed by atoms with Gasteiger partial charge in [0.05, 0.1) is 12.2 Å². The van der Waals surface area contributed by atoms with Crippen LogP contribution < -0.4 is 0 Å². The summed E-state index contributed by atoms with van der Waals surface area (Å²) in [5.74, 6) is -0.576. The van der Waals surface area contributed by atoms with E-state index >= 15 is 0 Å². The highest BCUT2D eigenvalue weighted by molar-refractivity contribution is 5.81. The Kier molecular flexibility index (Phi) is 5.99. The lowest BCUT2D eigenvalue weighted by molar-refractivity contribution is -0.169. The smallest absolute Gasteiger partial charge is 0.460 e. The van der Waals surface area contributed by atoms with Gasteiger partial charge in [0.25, 0.3) is 0 Å². The summed E-state index contributed by atoms with van der Waals surface area (Å²) in [6.45, 7) is 10.0. The quantitative estimate of drug-likeness (QED) is 0.698. The molecule has 0 rings (SSSR count). The van der Waals surface area contributed by atoms with E-state index in [4.69, 9.17) is 14.2 Å². The van der Waals surface area contributed by atoms with E-state index in [0.29, 0.717) is 6.42 Å². The maximum atomic E-state index is 11.7. The average Bonchev–Trinajstić information content (AvgIpc) is 2.14. The van der Waals surface area contributed by atoms with Crippen LogP contribution in [0.1, 0.15) is 48.0 Å². The highest BCUT2D eigenvalue weighted by Crippen LogP contribution is 2.15. The second kappa shape index (κ2) is 6.47. The Morgan fingerprint density at radius 2 is 1.65 bits per heavy atom. The molecule has 0 fully saturated rings. The number of hydrogen-bond donors (Lipinski definition) is 0. The summed E-state index contributed by atoms with van der Waals surface area (Å²) in [7, 11) is 0. The maximum absolute atomic E-state index is 11.7. The third kappa shape index (κ3) is 6.14. The molecule has 0 saturated heterocycles. The van der Waals surface area contributed by atoms with Crippen LogP contribution in [0.25, 0.3) is 0 Å². The molecule has 0 aliphatic carbocycles. The Morgan fingerprint density at radius 1 is 1.12 bits per heavy atom. The Morgan fingerprint density at radius 3 is 2.06 bits per heavy atom. The molecule has 1 unspecified atom stereocenters. The molecule has 0 N–H and O–H groups in total. The van der Waals surface area contributed by atoms with Crippen molar-refractivity contribution in [3.05, 3.63) is 0 Å². The highest BCUT2D eigenvalue weighted by atomic mass is 16.7. The third-order valence-electron chi connectivity index (χ3n) is 2.05. The lowest BCUT2D eigenvalue weighted by Crippen LogP contribution is -2.40. The van der Waals surface area contributed by atoms with Crippen LogP contribution in [0.15, 0.2) is 0 Å². The fourth-order valence-corrected chi connectivity index (χ4v) is 0.874. The van der Waals surface area contributed by atoms with Crippen LogP contribution >= 0.6 is 0 Å². The van der Waals surface area contributed by atoms with Gasteiger partial charge in [0.15, 0.2) is 0 Å². The van der Waals surface area contributed by atoms with E-state index in [1.54, 1.807) is 20.8 Å². The van der Waals surface area contributed by atoms with Crippen LogP contribution in [0.5, 0.6) is 0 Å². The first-order chi connectivity index (χ1) is 7.69. The minimum absolute atomic E-state index is 0.202. The Hall–Kier alpha value is -1.26. The molecule has 0 heterocycles. The number of carbonyl (C=O) groups is 2. The van der Waals surface area contributed by atoms with Gasteiger partial charge in [-0.1, -0.05) is 6.92 Å². The van der Waals surface area contributed by atoms with Gasteiger partial charge in [-0.2, -0.15) is 0 Å². The SMILES string of the molecule is CCC(C)OC(=O)C(C)(C)OC(=O)OC(C)C. The van der Waals surface area contributed by atoms with Crippen molar-refractivity contribution in [2.24, 2.45) is 0 Å². The zero-order valence-electron chi connectivity index (χ0n) is 11.4. The highest BCUT2D eigenvalue weighted by Gasteiger charge is 2.35. The molecule has 5 nitrogen and oxygen atoms in total. The zero-order chi connectivity index (χ0) is 13.6. The van der Waals surface area contributed by atoms with Gasteiger partial charge in [0, 0.05) is 0 Å². The monoisotopic (exact) mass is 246 g/mol. The Labute approximate surface area is 102 Å². The summed E-state index contributed by atoms with van der Waals surface area (Å²) >= 11 is 0. The fraction of sp³-hybridized carbons (Fsp3) is 0.833. The van der Waals surface area contributed by atoms with E-state index in [9.17, 15) is 9.59 Å². The molecule has 0 aromatic rings. The molecule has 5 heteroatoms. The van der Waals surface area contributed by atoms with Crippen molar-refractivity contribution in [3.63, 3.8) is 0 Å². The molecule has 0 spiro atoms. The van der Waals surface area contributed by atoms with Crippen molar-refractivity contribution in [1.29, 1.82) is 0 Å². The second-order valence-corrected chi connectivity index (χ2v) is 4.65. The van der Waals surface area contributed by atoms with E-state index in [2.05, 4.69) is 0 Å². The molecule has 17 heavy (non-hydrogen) atoms.